The topological polar surface area (TPSA) is 171 Å². The fraction of sp³-hybridized carbons (Fsp3) is 0.355. The van der Waals surface area contributed by atoms with Crippen molar-refractivity contribution in [2.45, 2.75) is 133 Å². The molecule has 0 saturated heterocycles. The number of carbonyl (C=O) groups is 4. The molecule has 2 amide bonds. The van der Waals surface area contributed by atoms with Gasteiger partial charge in [0.25, 0.3) is 17.7 Å². The van der Waals surface area contributed by atoms with Crippen LogP contribution in [0.15, 0.2) is 146 Å². The van der Waals surface area contributed by atoms with E-state index >= 15 is 0 Å². The number of ether oxygens (including phenoxy) is 6. The van der Waals surface area contributed by atoms with Crippen molar-refractivity contribution in [3.8, 4) is 17.2 Å². The number of carbonyl (C=O) groups excluding carboxylic acids is 2. The molecule has 16 heteroatoms. The molecule has 406 valence electrons. The summed E-state index contributed by atoms with van der Waals surface area (Å²) in [5.74, 6) is -4.97. The monoisotopic (exact) mass is 1060 g/mol. The molecule has 0 bridgehead atoms. The van der Waals surface area contributed by atoms with Gasteiger partial charge >= 0.3 is 11.9 Å². The second-order valence-electron chi connectivity index (χ2n) is 20.5. The van der Waals surface area contributed by atoms with Crippen molar-refractivity contribution in [1.29, 1.82) is 0 Å². The molecule has 6 aromatic rings. The lowest BCUT2D eigenvalue weighted by Crippen LogP contribution is -2.52. The first-order valence-corrected chi connectivity index (χ1v) is 26.4. The molecule has 2 saturated carbocycles. The Morgan fingerprint density at radius 1 is 0.551 bits per heavy atom. The Morgan fingerprint density at radius 2 is 0.987 bits per heavy atom. The van der Waals surface area contributed by atoms with E-state index in [2.05, 4.69) is 0 Å². The van der Waals surface area contributed by atoms with Gasteiger partial charge in [-0.3, -0.25) is 9.59 Å². The number of carboxylic acids is 2. The van der Waals surface area contributed by atoms with E-state index in [1.165, 1.54) is 16.9 Å². The van der Waals surface area contributed by atoms with Crippen molar-refractivity contribution in [2.24, 2.45) is 0 Å². The summed E-state index contributed by atoms with van der Waals surface area (Å²) in [5, 5.41) is 21.4. The highest BCUT2D eigenvalue weighted by atomic mass is 19.3. The average molecular weight is 1070 g/mol. The molecule has 4 aliphatic rings. The van der Waals surface area contributed by atoms with Gasteiger partial charge in [-0.05, 0) is 65.1 Å². The number of carboxylic acid groups (broad SMARTS) is 2. The summed E-state index contributed by atoms with van der Waals surface area (Å²) in [7, 11) is 1.54. The Labute approximate surface area is 451 Å². The largest absolute Gasteiger partial charge is 0.493 e. The number of methoxy groups -OCH3 is 1. The zero-order chi connectivity index (χ0) is 54.3. The first-order chi connectivity index (χ1) is 37.8. The quantitative estimate of drug-likeness (QED) is 0.0743. The molecule has 2 fully saturated rings. The van der Waals surface area contributed by atoms with Crippen LogP contribution in [0.25, 0.3) is 0 Å². The van der Waals surface area contributed by atoms with Crippen molar-refractivity contribution in [2.75, 3.05) is 7.11 Å². The van der Waals surface area contributed by atoms with E-state index in [4.69, 9.17) is 28.4 Å². The first kappa shape index (κ1) is 53.7. The van der Waals surface area contributed by atoms with Crippen LogP contribution in [0.1, 0.15) is 101 Å². The Morgan fingerprint density at radius 3 is 1.46 bits per heavy atom. The van der Waals surface area contributed by atoms with Crippen LogP contribution in [0.3, 0.4) is 0 Å². The summed E-state index contributed by atoms with van der Waals surface area (Å²) in [6.45, 7) is 0.494. The van der Waals surface area contributed by atoms with Crippen LogP contribution in [0.4, 0.5) is 8.78 Å². The third-order valence-corrected chi connectivity index (χ3v) is 15.3. The van der Waals surface area contributed by atoms with E-state index in [1.54, 1.807) is 36.4 Å². The van der Waals surface area contributed by atoms with Gasteiger partial charge in [-0.1, -0.05) is 140 Å². The predicted molar refractivity (Wildman–Crippen MR) is 282 cm³/mol. The van der Waals surface area contributed by atoms with Gasteiger partial charge in [0, 0.05) is 55.5 Å². The number of alkyl halides is 2. The summed E-state index contributed by atoms with van der Waals surface area (Å²) in [6, 6.07) is 41.6. The normalized spacial score (nSPS) is 20.5. The highest BCUT2D eigenvalue weighted by molar-refractivity contribution is 5.89. The zero-order valence-electron chi connectivity index (χ0n) is 43.2. The van der Waals surface area contributed by atoms with E-state index in [0.717, 1.165) is 16.7 Å². The zero-order valence-corrected chi connectivity index (χ0v) is 43.2. The Balaban J connectivity index is 0.835. The number of amides is 2. The van der Waals surface area contributed by atoms with Gasteiger partial charge in [0.15, 0.2) is 23.7 Å². The van der Waals surface area contributed by atoms with Gasteiger partial charge in [-0.25, -0.2) is 18.4 Å². The number of rotatable bonds is 20. The number of aliphatic carboxylic acids is 2. The lowest BCUT2D eigenvalue weighted by Gasteiger charge is -2.40. The van der Waals surface area contributed by atoms with Gasteiger partial charge < -0.3 is 48.4 Å². The van der Waals surface area contributed by atoms with E-state index in [9.17, 15) is 38.2 Å². The fourth-order valence-corrected chi connectivity index (χ4v) is 11.0. The number of fused-ring (bicyclic) bond motifs is 2. The molecule has 14 nitrogen and oxygen atoms in total. The van der Waals surface area contributed by atoms with Gasteiger partial charge in [-0.15, -0.1) is 0 Å². The molecule has 6 aromatic carbocycles. The molecule has 2 aliphatic carbocycles. The first-order valence-electron chi connectivity index (χ1n) is 26.4. The smallest absolute Gasteiger partial charge is 0.326 e. The van der Waals surface area contributed by atoms with Gasteiger partial charge in [0.2, 0.25) is 0 Å². The molecule has 4 atom stereocenters. The van der Waals surface area contributed by atoms with Crippen molar-refractivity contribution in [3.05, 3.63) is 196 Å². The van der Waals surface area contributed by atoms with E-state index in [0.29, 0.717) is 76.3 Å². The summed E-state index contributed by atoms with van der Waals surface area (Å²) in [4.78, 5) is 58.2. The third-order valence-electron chi connectivity index (χ3n) is 15.3. The van der Waals surface area contributed by atoms with Crippen LogP contribution in [-0.4, -0.2) is 87.2 Å². The van der Waals surface area contributed by atoms with Crippen molar-refractivity contribution >= 4 is 23.8 Å². The molecule has 0 spiro atoms. The van der Waals surface area contributed by atoms with Gasteiger partial charge in [-0.2, -0.15) is 0 Å². The minimum Gasteiger partial charge on any atom is -0.493 e. The van der Waals surface area contributed by atoms with Gasteiger partial charge in [0.05, 0.1) is 32.0 Å². The predicted octanol–water partition coefficient (Wildman–Crippen LogP) is 10.4. The second kappa shape index (κ2) is 23.9. The molecule has 2 aliphatic heterocycles. The summed E-state index contributed by atoms with van der Waals surface area (Å²) < 4.78 is 65.8. The number of hydrogen-bond donors (Lipinski definition) is 2. The van der Waals surface area contributed by atoms with Crippen LogP contribution in [-0.2, 0) is 79.1 Å². The molecule has 0 radical (unpaired) electrons. The minimum atomic E-state index is -2.89. The van der Waals surface area contributed by atoms with E-state index in [1.807, 2.05) is 109 Å². The molecule has 0 aromatic heterocycles. The van der Waals surface area contributed by atoms with Crippen LogP contribution < -0.4 is 14.2 Å². The lowest BCUT2D eigenvalue weighted by atomic mass is 9.89. The Hall–Kier alpha value is -7.66. The number of hydrogen-bond acceptors (Lipinski definition) is 10. The number of nitrogens with zero attached hydrogens (tertiary/aromatic N) is 2. The highest BCUT2D eigenvalue weighted by Gasteiger charge is 2.49. The van der Waals surface area contributed by atoms with Crippen LogP contribution in [0.5, 0.6) is 17.2 Å². The van der Waals surface area contributed by atoms with Crippen LogP contribution in [0.2, 0.25) is 0 Å². The molecular weight excluding hydrogens is 1000 g/mol. The van der Waals surface area contributed by atoms with Gasteiger partial charge in [0.1, 0.15) is 31.0 Å². The Kier molecular flexibility index (Phi) is 16.5. The van der Waals surface area contributed by atoms with Crippen molar-refractivity contribution in [1.82, 2.24) is 9.80 Å². The second-order valence-corrected chi connectivity index (χ2v) is 20.5. The third kappa shape index (κ3) is 12.2. The maximum absolute atomic E-state index is 14.9. The minimum absolute atomic E-state index is 0.00159. The molecule has 10 rings (SSSR count). The maximum Gasteiger partial charge on any atom is 0.326 e. The summed E-state index contributed by atoms with van der Waals surface area (Å²) in [6.07, 6.45) is -2.63. The van der Waals surface area contributed by atoms with Crippen molar-refractivity contribution in [3.63, 3.8) is 0 Å². The van der Waals surface area contributed by atoms with Crippen LogP contribution >= 0.6 is 0 Å². The standard InChI is InChI=1S/C62H62F2N2O12/c1-73-53-29-24-44-35-66(52(61(71)72)31-50(44)57(53)76-37-40-16-8-3-9-17-40)58(67)55(41-18-10-4-11-19-41)77-47-27-25-46(26-28-47)74-38-45-23-22-43-34-65(51(60(69)70)30-49(43)54(45)75-36-39-14-6-2-7-15-39)59(68)56(42-20-12-5-13-21-42)78-48-32-62(63,64)33-48/h2-24,29,46-48,51-52,55-56H,25-28,30-38H2,1H3,(H,69,70)(H,71,72). The fourth-order valence-electron chi connectivity index (χ4n) is 11.0. The van der Waals surface area contributed by atoms with Crippen LogP contribution in [0, 0.1) is 0 Å². The molecule has 4 unspecified atom stereocenters. The molecular formula is C62H62F2N2O12. The summed E-state index contributed by atoms with van der Waals surface area (Å²) >= 11 is 0. The average Bonchev–Trinajstić information content (AvgIpc) is 3.48. The molecule has 2 N–H and O–H groups in total. The van der Waals surface area contributed by atoms with E-state index < -0.39 is 72.9 Å². The number of halogens is 2. The Bertz CT molecular complexity index is 3060. The SMILES string of the molecule is COc1ccc2c(c1OCc1ccccc1)CC(C(=O)O)N(C(=O)C(OC1CCC(OCc3ccc4c(c3OCc3ccccc3)CC(C(=O)O)N(C(=O)C(OC3CC(F)(F)C3)c3ccccc3)C4)CC1)c1ccccc1)C2. The lowest BCUT2D eigenvalue weighted by molar-refractivity contribution is -0.193. The maximum atomic E-state index is 14.9. The molecule has 78 heavy (non-hydrogen) atoms. The highest BCUT2D eigenvalue weighted by Crippen LogP contribution is 2.44. The summed E-state index contributed by atoms with van der Waals surface area (Å²) in [5.41, 5.74) is 6.30. The number of benzene rings is 6. The van der Waals surface area contributed by atoms with E-state index in [-0.39, 0.29) is 58.0 Å². The molecule has 2 heterocycles. The van der Waals surface area contributed by atoms with Crippen molar-refractivity contribution < 1.29 is 66.6 Å².